The van der Waals surface area contributed by atoms with Gasteiger partial charge in [-0.1, -0.05) is 61.9 Å². The number of hydrogen-bond donors (Lipinski definition) is 6. The third kappa shape index (κ3) is 19.5. The van der Waals surface area contributed by atoms with Crippen LogP contribution in [0.2, 0.25) is 0 Å². The van der Waals surface area contributed by atoms with E-state index in [-0.39, 0.29) is 55.4 Å². The first-order valence-electron chi connectivity index (χ1n) is 26.8. The zero-order valence-corrected chi connectivity index (χ0v) is 48.0. The standard InChI is InChI=1S/C60H78N8O12/c1-13-14-15-38-16-19-40(20-17-38)41-21-23-42(24-22-41)52(70)67-47(36-64-57(75)80-60(9,10)11)54(72)68(12)50-43-25-27-49(77-31-29-63-56(74)79-59(6,7)8)46(34-43)45-33-39(32-44(35-61)66-51(69)37(2)65-53(50)71)18-26-48(45)76-30-28-62-55(73)78-58(3,4)5/h16-27,33-34,37,44,47,50H,13-15,28-32,36H2,1-12H3,(H,62,73)(H,63,74)(H,64,75)(H,65,71)(H,66,69)(H,67,70)/t37-,44-,47-,50-/m0/s1. The van der Waals surface area contributed by atoms with Crippen molar-refractivity contribution in [1.82, 2.24) is 36.8 Å². The summed E-state index contributed by atoms with van der Waals surface area (Å²) in [5.41, 5.74) is 2.36. The van der Waals surface area contributed by atoms with Crippen LogP contribution < -0.4 is 41.4 Å². The van der Waals surface area contributed by atoms with Gasteiger partial charge in [0, 0.05) is 30.2 Å². The first-order chi connectivity index (χ1) is 37.6. The van der Waals surface area contributed by atoms with Crippen LogP contribution in [0, 0.1) is 11.3 Å². The molecule has 1 aliphatic rings. The van der Waals surface area contributed by atoms with Crippen LogP contribution >= 0.6 is 0 Å². The average Bonchev–Trinajstić information content (AvgIpc) is 3.39. The number of unbranched alkanes of at least 4 members (excludes halogenated alkanes) is 1. The van der Waals surface area contributed by atoms with Crippen molar-refractivity contribution in [3.05, 3.63) is 107 Å². The van der Waals surface area contributed by atoms with Crippen LogP contribution in [0.3, 0.4) is 0 Å². The van der Waals surface area contributed by atoms with Crippen molar-refractivity contribution in [3.8, 4) is 39.8 Å². The number of likely N-dealkylation sites (N-methyl/N-ethyl adjacent to an activating group) is 1. The highest BCUT2D eigenvalue weighted by Crippen LogP contribution is 2.40. The molecule has 0 unspecified atom stereocenters. The van der Waals surface area contributed by atoms with Crippen molar-refractivity contribution >= 4 is 41.9 Å². The first kappa shape index (κ1) is 62.5. The second-order valence-corrected chi connectivity index (χ2v) is 22.4. The predicted molar refractivity (Wildman–Crippen MR) is 302 cm³/mol. The number of hydrogen-bond acceptors (Lipinski definition) is 13. The maximum atomic E-state index is 15.1. The molecule has 7 amide bonds. The Morgan fingerprint density at radius 3 is 1.73 bits per heavy atom. The molecule has 0 aliphatic carbocycles. The molecule has 4 aromatic rings. The Hall–Kier alpha value is -8.34. The fourth-order valence-corrected chi connectivity index (χ4v) is 8.29. The van der Waals surface area contributed by atoms with E-state index in [4.69, 9.17) is 23.7 Å². The van der Waals surface area contributed by atoms with E-state index in [2.05, 4.69) is 57.0 Å². The molecule has 0 fully saturated rings. The molecule has 0 aromatic heterocycles. The summed E-state index contributed by atoms with van der Waals surface area (Å²) in [6.45, 7) is 18.5. The molecule has 0 spiro atoms. The van der Waals surface area contributed by atoms with Gasteiger partial charge in [-0.05, 0) is 146 Å². The van der Waals surface area contributed by atoms with Gasteiger partial charge in [0.15, 0.2) is 0 Å². The predicted octanol–water partition coefficient (Wildman–Crippen LogP) is 8.06. The fourth-order valence-electron chi connectivity index (χ4n) is 8.29. The second kappa shape index (κ2) is 28.0. The maximum Gasteiger partial charge on any atom is 0.407 e. The van der Waals surface area contributed by atoms with Crippen molar-refractivity contribution in [1.29, 1.82) is 5.26 Å². The van der Waals surface area contributed by atoms with Gasteiger partial charge in [0.05, 0.1) is 25.7 Å². The Morgan fingerprint density at radius 1 is 0.688 bits per heavy atom. The molecular weight excluding hydrogens is 1020 g/mol. The highest BCUT2D eigenvalue weighted by atomic mass is 16.6. The van der Waals surface area contributed by atoms with Gasteiger partial charge < -0.3 is 60.5 Å². The molecule has 1 heterocycles. The van der Waals surface area contributed by atoms with Crippen LogP contribution in [0.15, 0.2) is 84.9 Å². The summed E-state index contributed by atoms with van der Waals surface area (Å²) in [4.78, 5) is 97.2. The molecule has 6 N–H and O–H groups in total. The Bertz CT molecular complexity index is 2860. The average molecular weight is 1100 g/mol. The number of carbonyl (C=O) groups is 7. The number of ether oxygens (including phenoxy) is 5. The van der Waals surface area contributed by atoms with Crippen molar-refractivity contribution in [2.75, 3.05) is 39.9 Å². The van der Waals surface area contributed by atoms with Crippen LogP contribution in [0.25, 0.3) is 22.3 Å². The van der Waals surface area contributed by atoms with Gasteiger partial charge >= 0.3 is 18.3 Å². The number of fused-ring (bicyclic) bond motifs is 5. The van der Waals surface area contributed by atoms with Gasteiger partial charge in [0.2, 0.25) is 17.7 Å². The number of nitrogens with zero attached hydrogens (tertiary/aromatic N) is 2. The lowest BCUT2D eigenvalue weighted by atomic mass is 9.93. The van der Waals surface area contributed by atoms with Crippen molar-refractivity contribution in [2.45, 2.75) is 143 Å². The van der Waals surface area contributed by atoms with Crippen molar-refractivity contribution in [2.24, 2.45) is 0 Å². The van der Waals surface area contributed by atoms with Crippen LogP contribution in [-0.4, -0.2) is 122 Å². The number of nitrogens with one attached hydrogen (secondary N) is 6. The highest BCUT2D eigenvalue weighted by Gasteiger charge is 2.36. The van der Waals surface area contributed by atoms with Gasteiger partial charge in [-0.25, -0.2) is 14.4 Å². The maximum absolute atomic E-state index is 15.1. The molecule has 0 radical (unpaired) electrons. The zero-order chi connectivity index (χ0) is 59.0. The number of rotatable bonds is 18. The van der Waals surface area contributed by atoms with Gasteiger partial charge in [0.1, 0.15) is 65.7 Å². The first-order valence-corrected chi connectivity index (χ1v) is 26.8. The molecule has 430 valence electrons. The molecule has 0 saturated carbocycles. The van der Waals surface area contributed by atoms with E-state index in [0.717, 1.165) is 35.3 Å². The molecule has 20 heteroatoms. The minimum Gasteiger partial charge on any atom is -0.491 e. The molecule has 20 nitrogen and oxygen atoms in total. The molecule has 1 aliphatic heterocycles. The van der Waals surface area contributed by atoms with Gasteiger partial charge in [0.25, 0.3) is 5.91 Å². The Labute approximate surface area is 469 Å². The molecule has 4 atom stereocenters. The van der Waals surface area contributed by atoms with E-state index < -0.39 is 89.4 Å². The number of alkyl carbamates (subject to hydrolysis) is 3. The van der Waals surface area contributed by atoms with E-state index in [9.17, 15) is 34.0 Å². The lowest BCUT2D eigenvalue weighted by Crippen LogP contribution is -2.56. The number of aryl methyl sites for hydroxylation is 1. The number of carbonyl (C=O) groups excluding carboxylic acids is 7. The summed E-state index contributed by atoms with van der Waals surface area (Å²) in [6, 6.07) is 21.7. The Morgan fingerprint density at radius 2 is 1.20 bits per heavy atom. The fraction of sp³-hybridized carbons (Fsp3) is 0.467. The van der Waals surface area contributed by atoms with E-state index in [1.165, 1.54) is 19.5 Å². The van der Waals surface area contributed by atoms with Crippen molar-refractivity contribution in [3.63, 3.8) is 0 Å². The second-order valence-electron chi connectivity index (χ2n) is 22.4. The summed E-state index contributed by atoms with van der Waals surface area (Å²) < 4.78 is 28.9. The topological polar surface area (TPSA) is 265 Å². The molecule has 5 rings (SSSR count). The number of amides is 7. The van der Waals surface area contributed by atoms with Crippen LogP contribution in [-0.2, 0) is 41.4 Å². The summed E-state index contributed by atoms with van der Waals surface area (Å²) in [6.07, 6.45) is 0.996. The van der Waals surface area contributed by atoms with Gasteiger partial charge in [-0.2, -0.15) is 5.26 Å². The highest BCUT2D eigenvalue weighted by molar-refractivity contribution is 5.99. The Kier molecular flexibility index (Phi) is 21.9. The summed E-state index contributed by atoms with van der Waals surface area (Å²) in [5, 5.41) is 26.4. The van der Waals surface area contributed by atoms with E-state index >= 15 is 4.79 Å². The normalized spacial score (nSPS) is 15.9. The lowest BCUT2D eigenvalue weighted by Gasteiger charge is -2.32. The monoisotopic (exact) mass is 1100 g/mol. The SMILES string of the molecule is CCCCc1ccc(-c2ccc(C(=O)N[C@@H](CNC(=O)OC(C)(C)C)C(=O)N(C)[C@@H]3C(=O)N[C@@H](C)C(=O)N[C@H](C#N)Cc4ccc(OCCNC(=O)OC(C)(C)C)c(c4)-c4cc3ccc4OCCNC(=O)OC(C)(C)C)cc2)cc1. The Balaban J connectivity index is 1.59. The summed E-state index contributed by atoms with van der Waals surface area (Å²) >= 11 is 0. The van der Waals surface area contributed by atoms with Crippen LogP contribution in [0.5, 0.6) is 11.5 Å². The molecule has 4 aromatic carbocycles. The smallest absolute Gasteiger partial charge is 0.407 e. The van der Waals surface area contributed by atoms with Gasteiger partial charge in [-0.3, -0.25) is 19.2 Å². The lowest BCUT2D eigenvalue weighted by molar-refractivity contribution is -0.141. The zero-order valence-electron chi connectivity index (χ0n) is 48.0. The van der Waals surface area contributed by atoms with E-state index in [0.29, 0.717) is 16.7 Å². The quantitative estimate of drug-likeness (QED) is 0.0407. The third-order valence-corrected chi connectivity index (χ3v) is 12.1. The molecule has 4 bridgehead atoms. The van der Waals surface area contributed by atoms with E-state index in [1.54, 1.807) is 123 Å². The minimum atomic E-state index is -1.55. The number of benzene rings is 4. The van der Waals surface area contributed by atoms with Gasteiger partial charge in [-0.15, -0.1) is 0 Å². The minimum absolute atomic E-state index is 0.0150. The van der Waals surface area contributed by atoms with E-state index in [1.807, 2.05) is 12.1 Å². The van der Waals surface area contributed by atoms with Crippen molar-refractivity contribution < 1.29 is 57.2 Å². The molecule has 80 heavy (non-hydrogen) atoms. The molecular formula is C60H78N8O12. The van der Waals surface area contributed by atoms with Crippen LogP contribution in [0.4, 0.5) is 14.4 Å². The summed E-state index contributed by atoms with van der Waals surface area (Å²) in [5.74, 6) is -2.46. The number of nitriles is 1. The molecule has 0 saturated heterocycles. The van der Waals surface area contributed by atoms with Crippen LogP contribution in [0.1, 0.15) is 122 Å². The third-order valence-electron chi connectivity index (χ3n) is 12.1. The summed E-state index contributed by atoms with van der Waals surface area (Å²) in [7, 11) is 1.35. The largest absolute Gasteiger partial charge is 0.491 e.